The van der Waals surface area contributed by atoms with Crippen LogP contribution in [0.3, 0.4) is 0 Å². The summed E-state index contributed by atoms with van der Waals surface area (Å²) in [4.78, 5) is 39.3. The number of benzene rings is 1. The number of rotatable bonds is 6. The molecule has 1 fully saturated rings. The first-order chi connectivity index (χ1) is 13.3. The van der Waals surface area contributed by atoms with E-state index in [-0.39, 0.29) is 22.7 Å². The number of thioether (sulfide) groups is 1. The van der Waals surface area contributed by atoms with E-state index in [2.05, 4.69) is 15.9 Å². The predicted octanol–water partition coefficient (Wildman–Crippen LogP) is 4.80. The minimum atomic E-state index is -0.783. The topological polar surface area (TPSA) is 63.7 Å². The molecule has 0 aromatic heterocycles. The number of amides is 1. The van der Waals surface area contributed by atoms with Gasteiger partial charge in [0.15, 0.2) is 5.12 Å². The highest BCUT2D eigenvalue weighted by atomic mass is 79.9. The van der Waals surface area contributed by atoms with E-state index in [1.807, 2.05) is 26.0 Å². The minimum Gasteiger partial charge on any atom is -0.467 e. The van der Waals surface area contributed by atoms with Gasteiger partial charge in [-0.2, -0.15) is 0 Å². The Morgan fingerprint density at radius 3 is 2.46 bits per heavy atom. The lowest BCUT2D eigenvalue weighted by atomic mass is 9.90. The average molecular weight is 470 g/mol. The maximum absolute atomic E-state index is 13.1. The first-order valence-electron chi connectivity index (χ1n) is 9.60. The first kappa shape index (κ1) is 22.9. The van der Waals surface area contributed by atoms with E-state index < -0.39 is 12.0 Å². The molecular formula is C21H28BrNO4S. The monoisotopic (exact) mass is 469 g/mol. The van der Waals surface area contributed by atoms with Gasteiger partial charge in [-0.3, -0.25) is 14.5 Å². The number of esters is 1. The molecule has 1 saturated carbocycles. The van der Waals surface area contributed by atoms with Crippen molar-refractivity contribution in [1.82, 2.24) is 0 Å². The molecule has 1 aromatic carbocycles. The van der Waals surface area contributed by atoms with Crippen LogP contribution < -0.4 is 4.90 Å². The molecule has 1 amide bonds. The van der Waals surface area contributed by atoms with Gasteiger partial charge in [-0.25, -0.2) is 4.79 Å². The SMILES string of the molecule is COC(=O)[C@H](C)N(C(=O)CSC(=O)C1CCCCC1)c1c(C)ccc(Br)c1C. The summed E-state index contributed by atoms with van der Waals surface area (Å²) in [6.07, 6.45) is 5.15. The third-order valence-electron chi connectivity index (χ3n) is 5.28. The van der Waals surface area contributed by atoms with Crippen molar-refractivity contribution in [1.29, 1.82) is 0 Å². The largest absolute Gasteiger partial charge is 0.467 e. The zero-order valence-corrected chi connectivity index (χ0v) is 19.3. The average Bonchev–Trinajstić information content (AvgIpc) is 2.71. The fourth-order valence-corrected chi connectivity index (χ4v) is 4.85. The lowest BCUT2D eigenvalue weighted by Gasteiger charge is -2.31. The van der Waals surface area contributed by atoms with Gasteiger partial charge in [0.05, 0.1) is 18.6 Å². The quantitative estimate of drug-likeness (QED) is 0.559. The molecule has 0 saturated heterocycles. The maximum atomic E-state index is 13.1. The highest BCUT2D eigenvalue weighted by Gasteiger charge is 2.32. The fraction of sp³-hybridized carbons (Fsp3) is 0.571. The molecule has 0 spiro atoms. The summed E-state index contributed by atoms with van der Waals surface area (Å²) in [6.45, 7) is 5.45. The Morgan fingerprint density at radius 2 is 1.86 bits per heavy atom. The second kappa shape index (κ2) is 10.4. The van der Waals surface area contributed by atoms with Crippen LogP contribution in [0.2, 0.25) is 0 Å². The lowest BCUT2D eigenvalue weighted by Crippen LogP contribution is -2.46. The summed E-state index contributed by atoms with van der Waals surface area (Å²) in [7, 11) is 1.31. The molecule has 1 aromatic rings. The number of halogens is 1. The molecule has 0 radical (unpaired) electrons. The summed E-state index contributed by atoms with van der Waals surface area (Å²) in [5, 5.41) is 0.0846. The van der Waals surface area contributed by atoms with Crippen molar-refractivity contribution in [2.24, 2.45) is 5.92 Å². The Hall–Kier alpha value is -1.34. The first-order valence-corrected chi connectivity index (χ1v) is 11.4. The molecule has 5 nitrogen and oxygen atoms in total. The molecule has 28 heavy (non-hydrogen) atoms. The van der Waals surface area contributed by atoms with Crippen molar-refractivity contribution >= 4 is 50.4 Å². The Kier molecular flexibility index (Phi) is 8.56. The third-order valence-corrected chi connectivity index (χ3v) is 7.15. The minimum absolute atomic E-state index is 0.0159. The van der Waals surface area contributed by atoms with Crippen LogP contribution in [0, 0.1) is 19.8 Å². The number of hydrogen-bond acceptors (Lipinski definition) is 5. The number of carbonyl (C=O) groups is 3. The van der Waals surface area contributed by atoms with E-state index in [4.69, 9.17) is 4.74 Å². The number of methoxy groups -OCH3 is 1. The van der Waals surface area contributed by atoms with Gasteiger partial charge in [-0.1, -0.05) is 53.0 Å². The van der Waals surface area contributed by atoms with Crippen molar-refractivity contribution in [2.75, 3.05) is 17.8 Å². The van der Waals surface area contributed by atoms with E-state index in [9.17, 15) is 14.4 Å². The van der Waals surface area contributed by atoms with Crippen molar-refractivity contribution in [3.8, 4) is 0 Å². The number of aryl methyl sites for hydroxylation is 1. The standard InChI is InChI=1S/C21H28BrNO4S/c1-13-10-11-17(22)14(2)19(13)23(15(3)20(25)27-4)18(24)12-28-21(26)16-8-6-5-7-9-16/h10-11,15-16H,5-9,12H2,1-4H3/t15-/m0/s1. The second-order valence-electron chi connectivity index (χ2n) is 7.24. The van der Waals surface area contributed by atoms with Crippen LogP contribution in [0.25, 0.3) is 0 Å². The van der Waals surface area contributed by atoms with Crippen LogP contribution in [-0.4, -0.2) is 35.9 Å². The molecule has 1 atom stereocenters. The van der Waals surface area contributed by atoms with Crippen molar-refractivity contribution in [2.45, 2.75) is 58.9 Å². The molecular weight excluding hydrogens is 442 g/mol. The number of nitrogens with zero attached hydrogens (tertiary/aromatic N) is 1. The van der Waals surface area contributed by atoms with Crippen molar-refractivity contribution < 1.29 is 19.1 Å². The van der Waals surface area contributed by atoms with Crippen molar-refractivity contribution in [3.05, 3.63) is 27.7 Å². The molecule has 0 unspecified atom stereocenters. The van der Waals surface area contributed by atoms with Gasteiger partial charge in [0.2, 0.25) is 5.91 Å². The Labute approximate surface area is 179 Å². The van der Waals surface area contributed by atoms with Crippen molar-refractivity contribution in [3.63, 3.8) is 0 Å². The highest BCUT2D eigenvalue weighted by Crippen LogP contribution is 2.33. The Balaban J connectivity index is 2.24. The van der Waals surface area contributed by atoms with Crippen LogP contribution >= 0.6 is 27.7 Å². The predicted molar refractivity (Wildman–Crippen MR) is 117 cm³/mol. The molecule has 7 heteroatoms. The highest BCUT2D eigenvalue weighted by molar-refractivity contribution is 9.10. The van der Waals surface area contributed by atoms with Crippen LogP contribution in [-0.2, 0) is 19.1 Å². The van der Waals surface area contributed by atoms with Gasteiger partial charge in [-0.05, 0) is 50.8 Å². The number of carbonyl (C=O) groups excluding carboxylic acids is 3. The van der Waals surface area contributed by atoms with Crippen LogP contribution in [0.15, 0.2) is 16.6 Å². The van der Waals surface area contributed by atoms with E-state index in [0.717, 1.165) is 53.0 Å². The molecule has 154 valence electrons. The molecule has 0 N–H and O–H groups in total. The number of hydrogen-bond donors (Lipinski definition) is 0. The summed E-state index contributed by atoms with van der Waals surface area (Å²) in [6, 6.07) is 3.03. The summed E-state index contributed by atoms with van der Waals surface area (Å²) >= 11 is 4.57. The number of ether oxygens (including phenoxy) is 1. The molecule has 2 rings (SSSR count). The van der Waals surface area contributed by atoms with Crippen LogP contribution in [0.1, 0.15) is 50.2 Å². The van der Waals surface area contributed by atoms with Crippen LogP contribution in [0.4, 0.5) is 5.69 Å². The van der Waals surface area contributed by atoms with E-state index >= 15 is 0 Å². The third kappa shape index (κ3) is 5.38. The van der Waals surface area contributed by atoms with Crippen LogP contribution in [0.5, 0.6) is 0 Å². The normalized spacial score (nSPS) is 15.8. The molecule has 0 heterocycles. The van der Waals surface area contributed by atoms with Gasteiger partial charge < -0.3 is 4.74 Å². The van der Waals surface area contributed by atoms with Gasteiger partial charge >= 0.3 is 5.97 Å². The lowest BCUT2D eigenvalue weighted by molar-refractivity contribution is -0.142. The second-order valence-corrected chi connectivity index (χ2v) is 9.08. The molecule has 1 aliphatic rings. The zero-order chi connectivity index (χ0) is 20.8. The van der Waals surface area contributed by atoms with Gasteiger partial charge in [0.1, 0.15) is 6.04 Å². The fourth-order valence-electron chi connectivity index (χ4n) is 3.65. The number of anilines is 1. The molecule has 0 bridgehead atoms. The summed E-state index contributed by atoms with van der Waals surface area (Å²) in [5.41, 5.74) is 2.43. The van der Waals surface area contributed by atoms with E-state index in [1.54, 1.807) is 6.92 Å². The summed E-state index contributed by atoms with van der Waals surface area (Å²) in [5.74, 6) is -0.693. The molecule has 0 aliphatic heterocycles. The summed E-state index contributed by atoms with van der Waals surface area (Å²) < 4.78 is 5.73. The molecule has 1 aliphatic carbocycles. The van der Waals surface area contributed by atoms with E-state index in [0.29, 0.717) is 5.69 Å². The Bertz CT molecular complexity index is 746. The van der Waals surface area contributed by atoms with Gasteiger partial charge in [-0.15, -0.1) is 0 Å². The maximum Gasteiger partial charge on any atom is 0.328 e. The van der Waals surface area contributed by atoms with Gasteiger partial charge in [0, 0.05) is 10.4 Å². The zero-order valence-electron chi connectivity index (χ0n) is 16.9. The Morgan fingerprint density at radius 1 is 1.21 bits per heavy atom. The van der Waals surface area contributed by atoms with E-state index in [1.165, 1.54) is 18.4 Å². The van der Waals surface area contributed by atoms with Gasteiger partial charge in [0.25, 0.3) is 0 Å². The smallest absolute Gasteiger partial charge is 0.328 e.